The zero-order valence-electron chi connectivity index (χ0n) is 14.1. The number of pyridine rings is 2. The normalized spacial score (nSPS) is 10.6. The molecule has 10 nitrogen and oxygen atoms in total. The highest BCUT2D eigenvalue weighted by molar-refractivity contribution is 6.08. The number of anilines is 1. The fourth-order valence-corrected chi connectivity index (χ4v) is 2.39. The van der Waals surface area contributed by atoms with Crippen LogP contribution in [0.25, 0.3) is 5.65 Å². The average Bonchev–Trinajstić information content (AvgIpc) is 3.17. The van der Waals surface area contributed by atoms with Crippen LogP contribution >= 0.6 is 0 Å². The van der Waals surface area contributed by atoms with E-state index < -0.39 is 5.91 Å². The number of rotatable bonds is 5. The molecule has 27 heavy (non-hydrogen) atoms. The van der Waals surface area contributed by atoms with Crippen LogP contribution in [0, 0.1) is 0 Å². The van der Waals surface area contributed by atoms with E-state index >= 15 is 0 Å². The predicted octanol–water partition coefficient (Wildman–Crippen LogP) is 1.97. The summed E-state index contributed by atoms with van der Waals surface area (Å²) >= 11 is 0. The van der Waals surface area contributed by atoms with Crippen molar-refractivity contribution < 1.29 is 14.3 Å². The lowest BCUT2D eigenvalue weighted by molar-refractivity contribution is 0.102. The first-order valence-corrected chi connectivity index (χ1v) is 7.81. The van der Waals surface area contributed by atoms with Gasteiger partial charge in [0.25, 0.3) is 5.91 Å². The molecule has 134 valence electrons. The average molecular weight is 363 g/mol. The monoisotopic (exact) mass is 363 g/mol. The van der Waals surface area contributed by atoms with Gasteiger partial charge in [-0.1, -0.05) is 6.07 Å². The molecule has 4 heterocycles. The van der Waals surface area contributed by atoms with Gasteiger partial charge in [-0.25, -0.2) is 9.97 Å². The summed E-state index contributed by atoms with van der Waals surface area (Å²) < 4.78 is 12.4. The first-order chi connectivity index (χ1) is 13.2. The molecule has 4 rings (SSSR count). The minimum atomic E-state index is -0.413. The zero-order chi connectivity index (χ0) is 18.6. The molecule has 4 aromatic heterocycles. The van der Waals surface area contributed by atoms with E-state index in [4.69, 9.17) is 9.47 Å². The van der Waals surface area contributed by atoms with Crippen LogP contribution in [0.5, 0.6) is 17.4 Å². The highest BCUT2D eigenvalue weighted by atomic mass is 16.5. The molecule has 4 aromatic rings. The highest BCUT2D eigenvalue weighted by Gasteiger charge is 2.16. The quantitative estimate of drug-likeness (QED) is 0.572. The third-order valence-corrected chi connectivity index (χ3v) is 3.56. The topological polar surface area (TPSA) is 116 Å². The lowest BCUT2D eigenvalue weighted by Crippen LogP contribution is -2.14. The summed E-state index contributed by atoms with van der Waals surface area (Å²) in [6.45, 7) is 0. The zero-order valence-corrected chi connectivity index (χ0v) is 14.1. The van der Waals surface area contributed by atoms with Gasteiger partial charge in [0.05, 0.1) is 31.3 Å². The number of fused-ring (bicyclic) bond motifs is 1. The van der Waals surface area contributed by atoms with E-state index in [1.807, 2.05) is 0 Å². The number of aromatic nitrogens is 6. The van der Waals surface area contributed by atoms with Crippen molar-refractivity contribution in [1.82, 2.24) is 29.5 Å². The number of nitrogens with zero attached hydrogens (tertiary/aromatic N) is 6. The summed E-state index contributed by atoms with van der Waals surface area (Å²) in [4.78, 5) is 24.7. The molecule has 10 heteroatoms. The minimum absolute atomic E-state index is 0.270. The van der Waals surface area contributed by atoms with Crippen LogP contribution in [0.15, 0.2) is 55.5 Å². The first-order valence-electron chi connectivity index (χ1n) is 7.81. The van der Waals surface area contributed by atoms with Crippen LogP contribution in [0.1, 0.15) is 10.4 Å². The first kappa shape index (κ1) is 16.4. The van der Waals surface area contributed by atoms with Crippen molar-refractivity contribution in [2.75, 3.05) is 12.4 Å². The molecule has 0 spiro atoms. The van der Waals surface area contributed by atoms with Crippen molar-refractivity contribution in [1.29, 1.82) is 0 Å². The number of hydrogen-bond donors (Lipinski definition) is 1. The Balaban J connectivity index is 1.67. The molecule has 0 radical (unpaired) electrons. The number of carbonyl (C=O) groups is 1. The molecular weight excluding hydrogens is 350 g/mol. The van der Waals surface area contributed by atoms with Crippen molar-refractivity contribution in [2.24, 2.45) is 0 Å². The van der Waals surface area contributed by atoms with Gasteiger partial charge in [0.1, 0.15) is 24.2 Å². The van der Waals surface area contributed by atoms with E-state index in [1.165, 1.54) is 32.2 Å². The van der Waals surface area contributed by atoms with Crippen LogP contribution < -0.4 is 14.8 Å². The second-order valence-electron chi connectivity index (χ2n) is 5.35. The van der Waals surface area contributed by atoms with E-state index in [-0.39, 0.29) is 5.56 Å². The Bertz CT molecular complexity index is 1100. The minimum Gasteiger partial charge on any atom is -0.481 e. The number of carbonyl (C=O) groups excluding carboxylic acids is 1. The molecule has 0 saturated heterocycles. The van der Waals surface area contributed by atoms with Crippen LogP contribution in [-0.2, 0) is 0 Å². The van der Waals surface area contributed by atoms with Gasteiger partial charge in [0, 0.05) is 6.07 Å². The van der Waals surface area contributed by atoms with Gasteiger partial charge in [-0.2, -0.15) is 4.98 Å². The van der Waals surface area contributed by atoms with Crippen LogP contribution in [0.4, 0.5) is 5.82 Å². The van der Waals surface area contributed by atoms with E-state index in [9.17, 15) is 4.79 Å². The van der Waals surface area contributed by atoms with Crippen molar-refractivity contribution in [3.05, 3.63) is 61.1 Å². The van der Waals surface area contributed by atoms with Gasteiger partial charge in [-0.3, -0.25) is 9.20 Å². The Morgan fingerprint density at radius 2 is 2.04 bits per heavy atom. The Labute approximate surface area is 152 Å². The standard InChI is InChI=1S/C17H13N7O3/c1-26-15-4-2-3-14(21-15)22-17(25)13-5-11(8-24-10-20-23-16(13)24)27-12-6-18-9-19-7-12/h2-10H,1H3,(H,21,22,25). The van der Waals surface area contributed by atoms with E-state index in [1.54, 1.807) is 34.9 Å². The molecule has 0 saturated carbocycles. The SMILES string of the molecule is COc1cccc(NC(=O)c2cc(Oc3cncnc3)cn3cnnc23)n1. The number of amides is 1. The predicted molar refractivity (Wildman–Crippen MR) is 93.8 cm³/mol. The maximum Gasteiger partial charge on any atom is 0.260 e. The van der Waals surface area contributed by atoms with Crippen LogP contribution in [0.2, 0.25) is 0 Å². The van der Waals surface area contributed by atoms with Gasteiger partial charge in [-0.15, -0.1) is 10.2 Å². The molecule has 0 fully saturated rings. The Kier molecular flexibility index (Phi) is 4.27. The second kappa shape index (κ2) is 7.04. The van der Waals surface area contributed by atoms with Gasteiger partial charge in [-0.05, 0) is 12.1 Å². The summed E-state index contributed by atoms with van der Waals surface area (Å²) in [6.07, 6.45) is 7.57. The van der Waals surface area contributed by atoms with Crippen molar-refractivity contribution in [3.63, 3.8) is 0 Å². The van der Waals surface area contributed by atoms with Crippen LogP contribution in [-0.4, -0.2) is 42.6 Å². The molecule has 1 N–H and O–H groups in total. The van der Waals surface area contributed by atoms with Crippen molar-refractivity contribution >= 4 is 17.4 Å². The van der Waals surface area contributed by atoms with Gasteiger partial charge < -0.3 is 14.8 Å². The van der Waals surface area contributed by atoms with Gasteiger partial charge >= 0.3 is 0 Å². The van der Waals surface area contributed by atoms with Gasteiger partial charge in [0.15, 0.2) is 11.4 Å². The molecule has 0 aliphatic rings. The fourth-order valence-electron chi connectivity index (χ4n) is 2.39. The van der Waals surface area contributed by atoms with E-state index in [2.05, 4.69) is 30.5 Å². The Morgan fingerprint density at radius 1 is 1.19 bits per heavy atom. The maximum atomic E-state index is 12.8. The van der Waals surface area contributed by atoms with E-state index in [0.29, 0.717) is 28.8 Å². The summed E-state index contributed by atoms with van der Waals surface area (Å²) in [6, 6.07) is 6.63. The number of ether oxygens (including phenoxy) is 2. The molecular formula is C17H13N7O3. The Morgan fingerprint density at radius 3 is 2.85 bits per heavy atom. The molecule has 0 unspecified atom stereocenters. The fraction of sp³-hybridized carbons (Fsp3) is 0.0588. The smallest absolute Gasteiger partial charge is 0.260 e. The van der Waals surface area contributed by atoms with Crippen molar-refractivity contribution in [3.8, 4) is 17.4 Å². The molecule has 0 aliphatic heterocycles. The number of methoxy groups -OCH3 is 1. The number of hydrogen-bond acceptors (Lipinski definition) is 8. The van der Waals surface area contributed by atoms with Crippen LogP contribution in [0.3, 0.4) is 0 Å². The third-order valence-electron chi connectivity index (χ3n) is 3.56. The highest BCUT2D eigenvalue weighted by Crippen LogP contribution is 2.23. The molecule has 0 aliphatic carbocycles. The summed E-state index contributed by atoms with van der Waals surface area (Å²) in [5, 5.41) is 10.5. The summed E-state index contributed by atoms with van der Waals surface area (Å²) in [5.74, 6) is 1.16. The second-order valence-corrected chi connectivity index (χ2v) is 5.35. The molecule has 0 bridgehead atoms. The van der Waals surface area contributed by atoms with E-state index in [0.717, 1.165) is 0 Å². The largest absolute Gasteiger partial charge is 0.481 e. The molecule has 1 amide bonds. The summed E-state index contributed by atoms with van der Waals surface area (Å²) in [7, 11) is 1.50. The number of nitrogens with one attached hydrogen (secondary N) is 1. The lowest BCUT2D eigenvalue weighted by atomic mass is 10.2. The summed E-state index contributed by atoms with van der Waals surface area (Å²) in [5.41, 5.74) is 0.651. The van der Waals surface area contributed by atoms with Gasteiger partial charge in [0.2, 0.25) is 5.88 Å². The van der Waals surface area contributed by atoms with Crippen molar-refractivity contribution in [2.45, 2.75) is 0 Å². The maximum absolute atomic E-state index is 12.8. The molecule has 0 atom stereocenters. The Hall–Kier alpha value is -4.08. The lowest BCUT2D eigenvalue weighted by Gasteiger charge is -2.09. The molecule has 0 aromatic carbocycles. The third kappa shape index (κ3) is 3.49.